The number of amides is 1. The highest BCUT2D eigenvalue weighted by molar-refractivity contribution is 5.76. The van der Waals surface area contributed by atoms with E-state index in [4.69, 9.17) is 10.8 Å². The molecule has 1 amide bonds. The largest absolute Gasteiger partial charge is 0.390 e. The summed E-state index contributed by atoms with van der Waals surface area (Å²) in [5, 5.41) is 10.4. The van der Waals surface area contributed by atoms with Crippen molar-refractivity contribution in [2.24, 2.45) is 17.6 Å². The van der Waals surface area contributed by atoms with E-state index >= 15 is 0 Å². The summed E-state index contributed by atoms with van der Waals surface area (Å²) in [6, 6.07) is 0. The zero-order valence-electron chi connectivity index (χ0n) is 10.4. The molecule has 0 saturated carbocycles. The minimum atomic E-state index is -3.26. The summed E-state index contributed by atoms with van der Waals surface area (Å²) in [6.45, 7) is 2.30. The molecule has 0 fully saturated rings. The molecule has 0 aliphatic carbocycles. The maximum atomic E-state index is 12.7. The minimum Gasteiger partial charge on any atom is -0.390 e. The number of rotatable bonds is 8. The number of carbonyl (C=O) groups excluding carboxylic acids is 1. The van der Waals surface area contributed by atoms with Gasteiger partial charge in [-0.3, -0.25) is 4.79 Å². The Morgan fingerprint density at radius 1 is 1.47 bits per heavy atom. The topological polar surface area (TPSA) is 75.4 Å². The highest BCUT2D eigenvalue weighted by atomic mass is 19.3. The number of hydrogen-bond donors (Lipinski definition) is 3. The van der Waals surface area contributed by atoms with Crippen molar-refractivity contribution in [2.45, 2.75) is 32.6 Å². The van der Waals surface area contributed by atoms with Gasteiger partial charge in [-0.15, -0.1) is 0 Å². The fourth-order valence-electron chi connectivity index (χ4n) is 1.55. The third kappa shape index (κ3) is 8.04. The van der Waals surface area contributed by atoms with Crippen LogP contribution in [0.1, 0.15) is 26.7 Å². The third-order valence-corrected chi connectivity index (χ3v) is 2.39. The first-order valence-corrected chi connectivity index (χ1v) is 5.76. The van der Waals surface area contributed by atoms with Crippen LogP contribution in [0.4, 0.5) is 8.78 Å². The minimum absolute atomic E-state index is 0.0118. The van der Waals surface area contributed by atoms with E-state index in [0.717, 1.165) is 6.42 Å². The first-order valence-electron chi connectivity index (χ1n) is 5.76. The number of halogens is 2. The lowest BCUT2D eigenvalue weighted by molar-refractivity contribution is -0.125. The molecule has 1 atom stereocenters. The Kier molecular flexibility index (Phi) is 7.22. The maximum absolute atomic E-state index is 12.7. The third-order valence-electron chi connectivity index (χ3n) is 2.39. The Labute approximate surface area is 101 Å². The number of nitrogens with one attached hydrogen (secondary N) is 1. The second kappa shape index (κ2) is 7.55. The van der Waals surface area contributed by atoms with Gasteiger partial charge in [0.15, 0.2) is 0 Å². The van der Waals surface area contributed by atoms with Crippen LogP contribution in [0.25, 0.3) is 0 Å². The quantitative estimate of drug-likeness (QED) is 0.596. The second-order valence-electron chi connectivity index (χ2n) is 4.73. The van der Waals surface area contributed by atoms with Crippen LogP contribution in [0, 0.1) is 11.8 Å². The predicted molar refractivity (Wildman–Crippen MR) is 61.7 cm³/mol. The fraction of sp³-hybridized carbons (Fsp3) is 0.909. The molecule has 4 N–H and O–H groups in total. The molecule has 17 heavy (non-hydrogen) atoms. The van der Waals surface area contributed by atoms with Crippen molar-refractivity contribution >= 4 is 5.91 Å². The molecule has 0 radical (unpaired) electrons. The van der Waals surface area contributed by atoms with Gasteiger partial charge in [-0.1, -0.05) is 13.8 Å². The van der Waals surface area contributed by atoms with Crippen molar-refractivity contribution in [2.75, 3.05) is 19.7 Å². The van der Waals surface area contributed by atoms with Crippen molar-refractivity contribution < 1.29 is 18.7 Å². The SMILES string of the molecule is CC(C)CC(CN)CC(=O)NCC(F)(F)CO. The summed E-state index contributed by atoms with van der Waals surface area (Å²) in [6.07, 6.45) is 0.941. The van der Waals surface area contributed by atoms with Gasteiger partial charge >= 0.3 is 0 Å². The van der Waals surface area contributed by atoms with E-state index in [9.17, 15) is 13.6 Å². The number of aliphatic hydroxyl groups excluding tert-OH is 1. The predicted octanol–water partition coefficient (Wildman–Crippen LogP) is 0.741. The number of carbonyl (C=O) groups is 1. The van der Waals surface area contributed by atoms with E-state index in [1.165, 1.54) is 0 Å². The highest BCUT2D eigenvalue weighted by Crippen LogP contribution is 2.15. The van der Waals surface area contributed by atoms with Gasteiger partial charge in [0.2, 0.25) is 5.91 Å². The summed E-state index contributed by atoms with van der Waals surface area (Å²) < 4.78 is 25.3. The average Bonchev–Trinajstić information content (AvgIpc) is 2.25. The van der Waals surface area contributed by atoms with Gasteiger partial charge in [0.05, 0.1) is 6.54 Å². The summed E-state index contributed by atoms with van der Waals surface area (Å²) >= 11 is 0. The van der Waals surface area contributed by atoms with Crippen molar-refractivity contribution in [1.82, 2.24) is 5.32 Å². The van der Waals surface area contributed by atoms with Gasteiger partial charge in [-0.05, 0) is 24.8 Å². The summed E-state index contributed by atoms with van der Waals surface area (Å²) in [7, 11) is 0. The van der Waals surface area contributed by atoms with Crippen LogP contribution in [0.3, 0.4) is 0 Å². The van der Waals surface area contributed by atoms with Crippen molar-refractivity contribution in [3.8, 4) is 0 Å². The highest BCUT2D eigenvalue weighted by Gasteiger charge is 2.28. The molecule has 0 aromatic carbocycles. The molecule has 0 aromatic rings. The molecule has 102 valence electrons. The molecule has 0 saturated heterocycles. The van der Waals surface area contributed by atoms with Crippen molar-refractivity contribution in [1.29, 1.82) is 0 Å². The Morgan fingerprint density at radius 3 is 2.47 bits per heavy atom. The van der Waals surface area contributed by atoms with E-state index in [1.54, 1.807) is 0 Å². The zero-order chi connectivity index (χ0) is 13.5. The first kappa shape index (κ1) is 16.2. The van der Waals surface area contributed by atoms with Crippen LogP contribution < -0.4 is 11.1 Å². The van der Waals surface area contributed by atoms with Crippen molar-refractivity contribution in [3.63, 3.8) is 0 Å². The number of nitrogens with two attached hydrogens (primary N) is 1. The fourth-order valence-corrected chi connectivity index (χ4v) is 1.55. The van der Waals surface area contributed by atoms with Gasteiger partial charge in [-0.25, -0.2) is 8.78 Å². The van der Waals surface area contributed by atoms with E-state index in [0.29, 0.717) is 12.5 Å². The summed E-state index contributed by atoms with van der Waals surface area (Å²) in [5.74, 6) is -3.28. The van der Waals surface area contributed by atoms with Crippen LogP contribution >= 0.6 is 0 Å². The second-order valence-corrected chi connectivity index (χ2v) is 4.73. The Hall–Kier alpha value is -0.750. The molecular formula is C11H22F2N2O2. The normalized spacial score (nSPS) is 13.8. The molecule has 0 bridgehead atoms. The van der Waals surface area contributed by atoms with Gasteiger partial charge in [0, 0.05) is 6.42 Å². The van der Waals surface area contributed by atoms with Crippen LogP contribution in [-0.4, -0.2) is 36.6 Å². The van der Waals surface area contributed by atoms with E-state index < -0.39 is 25.0 Å². The lowest BCUT2D eigenvalue weighted by Gasteiger charge is -2.18. The monoisotopic (exact) mass is 252 g/mol. The van der Waals surface area contributed by atoms with Gasteiger partial charge in [0.25, 0.3) is 5.92 Å². The van der Waals surface area contributed by atoms with Crippen LogP contribution in [0.5, 0.6) is 0 Å². The molecule has 0 aromatic heterocycles. The van der Waals surface area contributed by atoms with Gasteiger partial charge in [-0.2, -0.15) is 0 Å². The average molecular weight is 252 g/mol. The van der Waals surface area contributed by atoms with Gasteiger partial charge in [0.1, 0.15) is 6.61 Å². The van der Waals surface area contributed by atoms with E-state index in [-0.39, 0.29) is 12.3 Å². The van der Waals surface area contributed by atoms with Crippen LogP contribution in [-0.2, 0) is 4.79 Å². The van der Waals surface area contributed by atoms with Crippen LogP contribution in [0.2, 0.25) is 0 Å². The Morgan fingerprint density at radius 2 is 2.06 bits per heavy atom. The molecule has 4 nitrogen and oxygen atoms in total. The molecular weight excluding hydrogens is 230 g/mol. The molecule has 6 heteroatoms. The smallest absolute Gasteiger partial charge is 0.287 e. The lowest BCUT2D eigenvalue weighted by atomic mass is 9.94. The Bertz CT molecular complexity index is 236. The molecule has 0 aliphatic heterocycles. The van der Waals surface area contributed by atoms with Crippen LogP contribution in [0.15, 0.2) is 0 Å². The zero-order valence-corrected chi connectivity index (χ0v) is 10.4. The number of alkyl halides is 2. The lowest BCUT2D eigenvalue weighted by Crippen LogP contribution is -2.40. The van der Waals surface area contributed by atoms with Gasteiger partial charge < -0.3 is 16.2 Å². The number of aliphatic hydroxyl groups is 1. The molecule has 0 spiro atoms. The van der Waals surface area contributed by atoms with E-state index in [1.807, 2.05) is 13.8 Å². The first-order chi connectivity index (χ1) is 7.80. The molecule has 0 aliphatic rings. The summed E-state index contributed by atoms with van der Waals surface area (Å²) in [4.78, 5) is 11.4. The van der Waals surface area contributed by atoms with E-state index in [2.05, 4.69) is 5.32 Å². The number of hydrogen-bond acceptors (Lipinski definition) is 3. The summed E-state index contributed by atoms with van der Waals surface area (Å²) in [5.41, 5.74) is 5.51. The Balaban J connectivity index is 3.99. The molecule has 0 heterocycles. The standard InChI is InChI=1S/C11H22F2N2O2/c1-8(2)3-9(5-14)4-10(17)15-6-11(12,13)7-16/h8-9,16H,3-7,14H2,1-2H3,(H,15,17). The molecule has 0 rings (SSSR count). The maximum Gasteiger partial charge on any atom is 0.287 e. The molecule has 1 unspecified atom stereocenters. The van der Waals surface area contributed by atoms with Crippen molar-refractivity contribution in [3.05, 3.63) is 0 Å².